The molecule has 0 aliphatic carbocycles. The van der Waals surface area contributed by atoms with Crippen molar-refractivity contribution in [1.29, 1.82) is 0 Å². The lowest BCUT2D eigenvalue weighted by molar-refractivity contribution is -0.122. The van der Waals surface area contributed by atoms with Crippen molar-refractivity contribution in [2.75, 3.05) is 53.0 Å². The van der Waals surface area contributed by atoms with Crippen molar-refractivity contribution in [2.24, 2.45) is 0 Å². The minimum absolute atomic E-state index is 0.00112. The van der Waals surface area contributed by atoms with Crippen molar-refractivity contribution in [3.63, 3.8) is 0 Å². The van der Waals surface area contributed by atoms with Crippen LogP contribution in [0.1, 0.15) is 21.5 Å². The predicted octanol–water partition coefficient (Wildman–Crippen LogP) is 0.824. The molecule has 2 amide bonds. The molecule has 1 aromatic rings. The molecular formula is C18H27N3O3. The molecule has 24 heavy (non-hydrogen) atoms. The smallest absolute Gasteiger partial charge is 0.254 e. The summed E-state index contributed by atoms with van der Waals surface area (Å²) in [5.41, 5.74) is 2.94. The van der Waals surface area contributed by atoms with Crippen LogP contribution in [-0.4, -0.2) is 74.6 Å². The number of hydrogen-bond acceptors (Lipinski definition) is 4. The van der Waals surface area contributed by atoms with E-state index in [9.17, 15) is 9.59 Å². The fourth-order valence-electron chi connectivity index (χ4n) is 2.88. The van der Waals surface area contributed by atoms with Crippen LogP contribution in [0.5, 0.6) is 0 Å². The number of piperazine rings is 1. The molecule has 0 bridgehead atoms. The zero-order valence-electron chi connectivity index (χ0n) is 14.8. The lowest BCUT2D eigenvalue weighted by atomic mass is 10.0. The predicted molar refractivity (Wildman–Crippen MR) is 93.1 cm³/mol. The monoisotopic (exact) mass is 333 g/mol. The lowest BCUT2D eigenvalue weighted by Crippen LogP contribution is -2.51. The van der Waals surface area contributed by atoms with Gasteiger partial charge in [0.2, 0.25) is 5.91 Å². The van der Waals surface area contributed by atoms with Crippen molar-refractivity contribution in [3.05, 3.63) is 34.9 Å². The minimum atomic E-state index is 0.00112. The van der Waals surface area contributed by atoms with Crippen LogP contribution in [0.25, 0.3) is 0 Å². The molecule has 2 rings (SSSR count). The number of amides is 2. The molecule has 6 heteroatoms. The molecule has 0 saturated carbocycles. The first-order chi connectivity index (χ1) is 11.5. The van der Waals surface area contributed by atoms with Gasteiger partial charge in [-0.25, -0.2) is 0 Å². The maximum atomic E-state index is 12.6. The van der Waals surface area contributed by atoms with E-state index in [-0.39, 0.29) is 11.8 Å². The first-order valence-electron chi connectivity index (χ1n) is 8.36. The summed E-state index contributed by atoms with van der Waals surface area (Å²) in [5, 5.41) is 2.82. The number of methoxy groups -OCH3 is 1. The van der Waals surface area contributed by atoms with E-state index in [0.717, 1.165) is 16.7 Å². The van der Waals surface area contributed by atoms with Crippen molar-refractivity contribution >= 4 is 11.8 Å². The maximum Gasteiger partial charge on any atom is 0.254 e. The summed E-state index contributed by atoms with van der Waals surface area (Å²) >= 11 is 0. The summed E-state index contributed by atoms with van der Waals surface area (Å²) in [7, 11) is 1.61. The fourth-order valence-corrected chi connectivity index (χ4v) is 2.88. The number of benzene rings is 1. The largest absolute Gasteiger partial charge is 0.383 e. The Bertz CT molecular complexity index is 581. The van der Waals surface area contributed by atoms with Crippen molar-refractivity contribution in [3.8, 4) is 0 Å². The summed E-state index contributed by atoms with van der Waals surface area (Å²) in [6.07, 6.45) is 0. The number of ether oxygens (including phenoxy) is 1. The second-order valence-corrected chi connectivity index (χ2v) is 6.23. The van der Waals surface area contributed by atoms with Crippen molar-refractivity contribution in [2.45, 2.75) is 13.8 Å². The molecule has 0 unspecified atom stereocenters. The molecule has 1 aliphatic heterocycles. The van der Waals surface area contributed by atoms with E-state index >= 15 is 0 Å². The molecule has 1 N–H and O–H groups in total. The van der Waals surface area contributed by atoms with Gasteiger partial charge in [0.1, 0.15) is 0 Å². The molecule has 0 spiro atoms. The average molecular weight is 333 g/mol. The first-order valence-corrected chi connectivity index (χ1v) is 8.36. The summed E-state index contributed by atoms with van der Waals surface area (Å²) < 4.78 is 4.91. The van der Waals surface area contributed by atoms with Gasteiger partial charge >= 0.3 is 0 Å². The molecule has 1 aliphatic rings. The molecule has 0 radical (unpaired) electrons. The molecule has 1 heterocycles. The van der Waals surface area contributed by atoms with E-state index < -0.39 is 0 Å². The zero-order chi connectivity index (χ0) is 17.5. The van der Waals surface area contributed by atoms with Crippen molar-refractivity contribution < 1.29 is 14.3 Å². The number of hydrogen-bond donors (Lipinski definition) is 1. The number of rotatable bonds is 6. The van der Waals surface area contributed by atoms with E-state index in [1.807, 2.05) is 36.9 Å². The standard InChI is InChI=1S/C18H27N3O3/c1-14-4-5-16(15(2)12-14)18(23)21-9-7-20(8-10-21)13-17(22)19-6-11-24-3/h4-5,12H,6-11,13H2,1-3H3,(H,19,22). The van der Waals surface area contributed by atoms with Crippen LogP contribution in [0.4, 0.5) is 0 Å². The number of carbonyl (C=O) groups is 2. The molecule has 0 aromatic heterocycles. The Labute approximate surface area is 143 Å². The van der Waals surface area contributed by atoms with Gasteiger partial charge in [-0.15, -0.1) is 0 Å². The second-order valence-electron chi connectivity index (χ2n) is 6.23. The maximum absolute atomic E-state index is 12.6. The Hall–Kier alpha value is -1.92. The highest BCUT2D eigenvalue weighted by molar-refractivity contribution is 5.95. The molecule has 1 saturated heterocycles. The Kier molecular flexibility index (Phi) is 6.75. The summed E-state index contributed by atoms with van der Waals surface area (Å²) in [4.78, 5) is 28.4. The highest BCUT2D eigenvalue weighted by Gasteiger charge is 2.24. The zero-order valence-corrected chi connectivity index (χ0v) is 14.8. The van der Waals surface area contributed by atoms with Crippen molar-refractivity contribution in [1.82, 2.24) is 15.1 Å². The third-order valence-corrected chi connectivity index (χ3v) is 4.27. The van der Waals surface area contributed by atoms with Gasteiger partial charge in [-0.3, -0.25) is 14.5 Å². The van der Waals surface area contributed by atoms with Crippen LogP contribution >= 0.6 is 0 Å². The number of carbonyl (C=O) groups excluding carboxylic acids is 2. The molecule has 1 aromatic carbocycles. The Morgan fingerprint density at radius 1 is 1.17 bits per heavy atom. The van der Waals surface area contributed by atoms with E-state index in [0.29, 0.717) is 45.9 Å². The highest BCUT2D eigenvalue weighted by atomic mass is 16.5. The molecule has 0 atom stereocenters. The van der Waals surface area contributed by atoms with Gasteiger partial charge in [-0.2, -0.15) is 0 Å². The minimum Gasteiger partial charge on any atom is -0.383 e. The number of nitrogens with zero attached hydrogens (tertiary/aromatic N) is 2. The van der Waals surface area contributed by atoms with Crippen LogP contribution in [0, 0.1) is 13.8 Å². The van der Waals surface area contributed by atoms with Crippen LogP contribution in [0.2, 0.25) is 0 Å². The molecular weight excluding hydrogens is 306 g/mol. The summed E-state index contributed by atoms with van der Waals surface area (Å²) in [6.45, 7) is 8.15. The topological polar surface area (TPSA) is 61.9 Å². The average Bonchev–Trinajstić information content (AvgIpc) is 2.55. The highest BCUT2D eigenvalue weighted by Crippen LogP contribution is 2.14. The summed E-state index contributed by atoms with van der Waals surface area (Å²) in [5.74, 6) is 0.0814. The Morgan fingerprint density at radius 2 is 1.88 bits per heavy atom. The number of aryl methyl sites for hydroxylation is 2. The second kappa shape index (κ2) is 8.80. The van der Waals surface area contributed by atoms with Gasteiger partial charge in [-0.05, 0) is 25.5 Å². The van der Waals surface area contributed by atoms with E-state index in [2.05, 4.69) is 10.2 Å². The van der Waals surface area contributed by atoms with Gasteiger partial charge in [0, 0.05) is 45.4 Å². The molecule has 1 fully saturated rings. The quantitative estimate of drug-likeness (QED) is 0.783. The van der Waals surface area contributed by atoms with Gasteiger partial charge in [0.15, 0.2) is 0 Å². The third kappa shape index (κ3) is 5.04. The van der Waals surface area contributed by atoms with E-state index in [4.69, 9.17) is 4.74 Å². The summed E-state index contributed by atoms with van der Waals surface area (Å²) in [6, 6.07) is 5.91. The molecule has 6 nitrogen and oxygen atoms in total. The Balaban J connectivity index is 1.81. The lowest BCUT2D eigenvalue weighted by Gasteiger charge is -2.34. The van der Waals surface area contributed by atoms with Gasteiger partial charge in [0.25, 0.3) is 5.91 Å². The van der Waals surface area contributed by atoms with Gasteiger partial charge in [0.05, 0.1) is 13.2 Å². The fraction of sp³-hybridized carbons (Fsp3) is 0.556. The van der Waals surface area contributed by atoms with Gasteiger partial charge < -0.3 is 15.0 Å². The normalized spacial score (nSPS) is 15.4. The first kappa shape index (κ1) is 18.4. The Morgan fingerprint density at radius 3 is 2.50 bits per heavy atom. The van der Waals surface area contributed by atoms with Gasteiger partial charge in [-0.1, -0.05) is 17.7 Å². The molecule has 132 valence electrons. The van der Waals surface area contributed by atoms with Crippen LogP contribution in [0.15, 0.2) is 18.2 Å². The van der Waals surface area contributed by atoms with Crippen LogP contribution in [0.3, 0.4) is 0 Å². The number of nitrogens with one attached hydrogen (secondary N) is 1. The van der Waals surface area contributed by atoms with E-state index in [1.54, 1.807) is 7.11 Å². The van der Waals surface area contributed by atoms with Crippen LogP contribution < -0.4 is 5.32 Å². The van der Waals surface area contributed by atoms with Crippen LogP contribution in [-0.2, 0) is 9.53 Å². The van der Waals surface area contributed by atoms with E-state index in [1.165, 1.54) is 0 Å². The third-order valence-electron chi connectivity index (χ3n) is 4.27. The SMILES string of the molecule is COCCNC(=O)CN1CCN(C(=O)c2ccc(C)cc2C)CC1.